The lowest BCUT2D eigenvalue weighted by atomic mass is 9.96. The minimum atomic E-state index is 0.692. The third kappa shape index (κ3) is 5.13. The second-order valence-corrected chi connectivity index (χ2v) is 9.69. The highest BCUT2D eigenvalue weighted by molar-refractivity contribution is 5.60. The van der Waals surface area contributed by atoms with E-state index in [2.05, 4.69) is 55.9 Å². The van der Waals surface area contributed by atoms with Crippen LogP contribution >= 0.6 is 0 Å². The van der Waals surface area contributed by atoms with Crippen LogP contribution in [0.2, 0.25) is 0 Å². The topological polar surface area (TPSA) is 45.6 Å². The molecule has 0 radical (unpaired) electrons. The van der Waals surface area contributed by atoms with Gasteiger partial charge in [0.05, 0.1) is 11.9 Å². The molecule has 3 aliphatic rings. The van der Waals surface area contributed by atoms with Crippen LogP contribution in [0.3, 0.4) is 0 Å². The number of piperazine rings is 1. The van der Waals surface area contributed by atoms with Crippen LogP contribution in [0.25, 0.3) is 11.3 Å². The Morgan fingerprint density at radius 2 is 1.81 bits per heavy atom. The third-order valence-corrected chi connectivity index (χ3v) is 7.22. The number of rotatable bonds is 7. The third-order valence-electron chi connectivity index (χ3n) is 7.22. The Morgan fingerprint density at radius 1 is 1.03 bits per heavy atom. The fraction of sp³-hybridized carbons (Fsp3) is 0.640. The maximum atomic E-state index is 6.06. The molecule has 0 bridgehead atoms. The van der Waals surface area contributed by atoms with E-state index in [9.17, 15) is 0 Å². The minimum absolute atomic E-state index is 0.692. The quantitative estimate of drug-likeness (QED) is 0.742. The second-order valence-electron chi connectivity index (χ2n) is 9.69. The van der Waals surface area contributed by atoms with E-state index in [1.807, 2.05) is 6.20 Å². The number of hydrogen-bond acceptors (Lipinski definition) is 5. The van der Waals surface area contributed by atoms with Gasteiger partial charge in [0, 0.05) is 57.8 Å². The average molecular weight is 424 g/mol. The van der Waals surface area contributed by atoms with Crippen molar-refractivity contribution in [2.24, 2.45) is 11.8 Å². The normalized spacial score (nSPS) is 23.2. The maximum Gasteiger partial charge on any atom is 0.119 e. The smallest absolute Gasteiger partial charge is 0.119 e. The van der Waals surface area contributed by atoms with Crippen molar-refractivity contribution in [3.8, 4) is 17.0 Å². The van der Waals surface area contributed by atoms with Gasteiger partial charge in [0.2, 0.25) is 0 Å². The summed E-state index contributed by atoms with van der Waals surface area (Å²) in [4.78, 5) is 9.82. The molecule has 0 aliphatic carbocycles. The van der Waals surface area contributed by atoms with Crippen molar-refractivity contribution in [3.63, 3.8) is 0 Å². The van der Waals surface area contributed by atoms with Crippen LogP contribution in [0.15, 0.2) is 30.5 Å². The van der Waals surface area contributed by atoms with Crippen molar-refractivity contribution in [3.05, 3.63) is 36.3 Å². The van der Waals surface area contributed by atoms with E-state index in [1.165, 1.54) is 62.6 Å². The van der Waals surface area contributed by atoms with Crippen LogP contribution in [0.4, 0.5) is 0 Å². The fourth-order valence-electron chi connectivity index (χ4n) is 5.36. The van der Waals surface area contributed by atoms with Crippen molar-refractivity contribution >= 4 is 0 Å². The number of fused-ring (bicyclic) bond motifs is 1. The Kier molecular flexibility index (Phi) is 6.58. The van der Waals surface area contributed by atoms with Gasteiger partial charge in [-0.05, 0) is 62.0 Å². The zero-order chi connectivity index (χ0) is 21.0. The second kappa shape index (κ2) is 9.72. The molecule has 1 N–H and O–H groups in total. The summed E-state index contributed by atoms with van der Waals surface area (Å²) in [6.07, 6.45) is 5.76. The summed E-state index contributed by atoms with van der Waals surface area (Å²) in [5.74, 6) is 3.75. The lowest BCUT2D eigenvalue weighted by molar-refractivity contribution is 0.123. The predicted octanol–water partition coefficient (Wildman–Crippen LogP) is 2.74. The Hall–Kier alpha value is -1.89. The van der Waals surface area contributed by atoms with E-state index in [4.69, 9.17) is 4.74 Å². The Balaban J connectivity index is 1.04. The zero-order valence-electron chi connectivity index (χ0n) is 18.9. The molecule has 168 valence electrons. The molecule has 1 aromatic carbocycles. The Bertz CT molecular complexity index is 834. The molecule has 0 spiro atoms. The van der Waals surface area contributed by atoms with E-state index >= 15 is 0 Å². The highest BCUT2D eigenvalue weighted by atomic mass is 16.5. The molecule has 31 heavy (non-hydrogen) atoms. The average Bonchev–Trinajstić information content (AvgIpc) is 3.35. The number of imidazole rings is 1. The summed E-state index contributed by atoms with van der Waals surface area (Å²) in [6, 6.07) is 8.55. The lowest BCUT2D eigenvalue weighted by Gasteiger charge is -2.36. The van der Waals surface area contributed by atoms with Crippen LogP contribution in [0.5, 0.6) is 5.75 Å². The van der Waals surface area contributed by atoms with E-state index in [-0.39, 0.29) is 0 Å². The van der Waals surface area contributed by atoms with Crippen molar-refractivity contribution in [1.29, 1.82) is 0 Å². The molecule has 1 unspecified atom stereocenters. The molecule has 2 aromatic rings. The van der Waals surface area contributed by atoms with Gasteiger partial charge in [0.25, 0.3) is 0 Å². The molecular weight excluding hydrogens is 386 g/mol. The van der Waals surface area contributed by atoms with Gasteiger partial charge >= 0.3 is 0 Å². The van der Waals surface area contributed by atoms with Gasteiger partial charge in [-0.2, -0.15) is 0 Å². The van der Waals surface area contributed by atoms with Crippen molar-refractivity contribution in [2.45, 2.75) is 32.7 Å². The van der Waals surface area contributed by atoms with Crippen molar-refractivity contribution in [1.82, 2.24) is 24.7 Å². The number of likely N-dealkylation sites (tertiary alicyclic amines) is 1. The molecule has 3 aliphatic heterocycles. The molecule has 0 amide bonds. The van der Waals surface area contributed by atoms with Gasteiger partial charge in [0.15, 0.2) is 0 Å². The van der Waals surface area contributed by atoms with Gasteiger partial charge in [-0.15, -0.1) is 0 Å². The summed E-state index contributed by atoms with van der Waals surface area (Å²) in [7, 11) is 0. The van der Waals surface area contributed by atoms with Crippen LogP contribution in [0.1, 0.15) is 25.6 Å². The first-order chi connectivity index (χ1) is 15.2. The van der Waals surface area contributed by atoms with E-state index in [0.717, 1.165) is 50.9 Å². The SMILES string of the molecule is CC1Cc2ncc(-c3ccc(OCCN4CCC(CN5CCNCC5)CC4)cc3)n2C1. The molecule has 0 saturated carbocycles. The summed E-state index contributed by atoms with van der Waals surface area (Å²) in [5.41, 5.74) is 2.46. The Morgan fingerprint density at radius 3 is 2.58 bits per heavy atom. The summed E-state index contributed by atoms with van der Waals surface area (Å²) in [6.45, 7) is 13.6. The number of piperidine rings is 1. The molecule has 6 nitrogen and oxygen atoms in total. The summed E-state index contributed by atoms with van der Waals surface area (Å²) >= 11 is 0. The fourth-order valence-corrected chi connectivity index (χ4v) is 5.36. The largest absolute Gasteiger partial charge is 0.492 e. The van der Waals surface area contributed by atoms with Gasteiger partial charge in [-0.3, -0.25) is 4.90 Å². The number of nitrogens with zero attached hydrogens (tertiary/aromatic N) is 4. The highest BCUT2D eigenvalue weighted by Crippen LogP contribution is 2.29. The minimum Gasteiger partial charge on any atom is -0.492 e. The molecule has 4 heterocycles. The summed E-state index contributed by atoms with van der Waals surface area (Å²) < 4.78 is 8.43. The number of hydrogen-bond donors (Lipinski definition) is 1. The van der Waals surface area contributed by atoms with E-state index in [0.29, 0.717) is 5.92 Å². The maximum absolute atomic E-state index is 6.06. The molecule has 2 fully saturated rings. The molecular formula is C25H37N5O. The van der Waals surface area contributed by atoms with Crippen molar-refractivity contribution in [2.75, 3.05) is 59.0 Å². The van der Waals surface area contributed by atoms with Crippen LogP contribution in [-0.4, -0.2) is 78.3 Å². The van der Waals surface area contributed by atoms with E-state index in [1.54, 1.807) is 0 Å². The van der Waals surface area contributed by atoms with Gasteiger partial charge in [0.1, 0.15) is 18.2 Å². The molecule has 6 heteroatoms. The first-order valence-corrected chi connectivity index (χ1v) is 12.2. The number of benzene rings is 1. The Labute approximate surface area is 186 Å². The van der Waals surface area contributed by atoms with Gasteiger partial charge in [-0.1, -0.05) is 6.92 Å². The number of ether oxygens (including phenoxy) is 1. The first kappa shape index (κ1) is 21.0. The van der Waals surface area contributed by atoms with Gasteiger partial charge in [-0.25, -0.2) is 4.98 Å². The predicted molar refractivity (Wildman–Crippen MR) is 124 cm³/mol. The monoisotopic (exact) mass is 423 g/mol. The summed E-state index contributed by atoms with van der Waals surface area (Å²) in [5, 5.41) is 3.45. The highest BCUT2D eigenvalue weighted by Gasteiger charge is 2.23. The standard InChI is InChI=1S/C25H37N5O/c1-20-16-25-27-17-24(30(25)18-20)22-2-4-23(5-3-22)31-15-14-28-10-6-21(7-11-28)19-29-12-8-26-9-13-29/h2-5,17,20-21,26H,6-16,18-19H2,1H3. The lowest BCUT2D eigenvalue weighted by Crippen LogP contribution is -2.47. The van der Waals surface area contributed by atoms with Crippen LogP contribution < -0.4 is 10.1 Å². The zero-order valence-corrected chi connectivity index (χ0v) is 18.9. The van der Waals surface area contributed by atoms with Crippen molar-refractivity contribution < 1.29 is 4.74 Å². The van der Waals surface area contributed by atoms with Gasteiger partial charge < -0.3 is 19.5 Å². The van der Waals surface area contributed by atoms with Crippen LogP contribution in [-0.2, 0) is 13.0 Å². The van der Waals surface area contributed by atoms with Crippen LogP contribution in [0, 0.1) is 11.8 Å². The molecule has 1 atom stereocenters. The molecule has 5 rings (SSSR count). The first-order valence-electron chi connectivity index (χ1n) is 12.2. The number of nitrogens with one attached hydrogen (secondary N) is 1. The molecule has 1 aromatic heterocycles. The number of aromatic nitrogens is 2. The van der Waals surface area contributed by atoms with E-state index < -0.39 is 0 Å². The molecule has 2 saturated heterocycles.